The summed E-state index contributed by atoms with van der Waals surface area (Å²) in [7, 11) is 1.75. The number of aryl methyl sites for hydroxylation is 2. The van der Waals surface area contributed by atoms with Crippen LogP contribution < -0.4 is 0 Å². The minimum absolute atomic E-state index is 0.201. The third-order valence-corrected chi connectivity index (χ3v) is 2.05. The van der Waals surface area contributed by atoms with Crippen molar-refractivity contribution in [3.8, 4) is 11.4 Å². The SMILES string of the molecule is Cc1cn(C)c(-c2ccc(F)nc2F)n1. The van der Waals surface area contributed by atoms with Crippen molar-refractivity contribution < 1.29 is 8.78 Å². The second kappa shape index (κ2) is 3.42. The molecule has 2 aromatic heterocycles. The average Bonchev–Trinajstić information content (AvgIpc) is 2.45. The van der Waals surface area contributed by atoms with Crippen molar-refractivity contribution in [2.45, 2.75) is 6.92 Å². The fraction of sp³-hybridized carbons (Fsp3) is 0.200. The van der Waals surface area contributed by atoms with Gasteiger partial charge in [-0.3, -0.25) is 0 Å². The van der Waals surface area contributed by atoms with Crippen molar-refractivity contribution in [2.24, 2.45) is 7.05 Å². The molecule has 0 saturated carbocycles. The Labute approximate surface area is 85.4 Å². The van der Waals surface area contributed by atoms with Gasteiger partial charge in [-0.05, 0) is 19.1 Å². The number of rotatable bonds is 1. The molecule has 2 aromatic rings. The first-order valence-corrected chi connectivity index (χ1v) is 4.40. The van der Waals surface area contributed by atoms with Gasteiger partial charge in [-0.25, -0.2) is 4.98 Å². The topological polar surface area (TPSA) is 30.7 Å². The molecule has 0 aliphatic heterocycles. The van der Waals surface area contributed by atoms with E-state index in [2.05, 4.69) is 9.97 Å². The van der Waals surface area contributed by atoms with Crippen molar-refractivity contribution in [3.05, 3.63) is 35.9 Å². The molecule has 0 atom stereocenters. The number of hydrogen-bond donors (Lipinski definition) is 0. The van der Waals surface area contributed by atoms with E-state index >= 15 is 0 Å². The van der Waals surface area contributed by atoms with Gasteiger partial charge < -0.3 is 4.57 Å². The zero-order valence-corrected chi connectivity index (χ0v) is 8.33. The number of nitrogens with zero attached hydrogens (tertiary/aromatic N) is 3. The van der Waals surface area contributed by atoms with E-state index in [4.69, 9.17) is 0 Å². The van der Waals surface area contributed by atoms with Crippen LogP contribution in [0.5, 0.6) is 0 Å². The zero-order chi connectivity index (χ0) is 11.0. The molecular weight excluding hydrogens is 200 g/mol. The number of imidazole rings is 1. The predicted octanol–water partition coefficient (Wildman–Crippen LogP) is 2.07. The minimum atomic E-state index is -0.844. The summed E-state index contributed by atoms with van der Waals surface area (Å²) >= 11 is 0. The van der Waals surface area contributed by atoms with Crippen LogP contribution in [0.3, 0.4) is 0 Å². The lowest BCUT2D eigenvalue weighted by atomic mass is 10.2. The summed E-state index contributed by atoms with van der Waals surface area (Å²) in [4.78, 5) is 7.25. The highest BCUT2D eigenvalue weighted by Gasteiger charge is 2.12. The molecule has 0 amide bonds. The molecule has 0 spiro atoms. The second-order valence-corrected chi connectivity index (χ2v) is 3.29. The van der Waals surface area contributed by atoms with Crippen LogP contribution in [0.15, 0.2) is 18.3 Å². The second-order valence-electron chi connectivity index (χ2n) is 3.29. The highest BCUT2D eigenvalue weighted by atomic mass is 19.1. The molecule has 2 heterocycles. The molecule has 0 unspecified atom stereocenters. The van der Waals surface area contributed by atoms with Crippen LogP contribution in [-0.2, 0) is 7.05 Å². The monoisotopic (exact) mass is 209 g/mol. The Kier molecular flexibility index (Phi) is 2.22. The van der Waals surface area contributed by atoms with Gasteiger partial charge in [-0.15, -0.1) is 0 Å². The summed E-state index contributed by atoms with van der Waals surface area (Å²) < 4.78 is 27.6. The van der Waals surface area contributed by atoms with E-state index in [1.54, 1.807) is 24.7 Å². The number of halogens is 2. The molecule has 0 N–H and O–H groups in total. The van der Waals surface area contributed by atoms with Crippen molar-refractivity contribution in [2.75, 3.05) is 0 Å². The van der Waals surface area contributed by atoms with Crippen molar-refractivity contribution in [1.82, 2.24) is 14.5 Å². The van der Waals surface area contributed by atoms with E-state index in [-0.39, 0.29) is 5.56 Å². The van der Waals surface area contributed by atoms with E-state index in [0.717, 1.165) is 11.8 Å². The third-order valence-electron chi connectivity index (χ3n) is 2.05. The van der Waals surface area contributed by atoms with Gasteiger partial charge in [-0.1, -0.05) is 0 Å². The first-order chi connectivity index (χ1) is 7.08. The Bertz CT molecular complexity index is 505. The van der Waals surface area contributed by atoms with Gasteiger partial charge in [0.1, 0.15) is 5.82 Å². The van der Waals surface area contributed by atoms with E-state index < -0.39 is 11.9 Å². The number of hydrogen-bond acceptors (Lipinski definition) is 2. The van der Waals surface area contributed by atoms with Gasteiger partial charge in [0, 0.05) is 13.2 Å². The molecule has 0 aromatic carbocycles. The van der Waals surface area contributed by atoms with Gasteiger partial charge in [0.2, 0.25) is 11.9 Å². The summed E-state index contributed by atoms with van der Waals surface area (Å²) in [5.41, 5.74) is 0.975. The lowest BCUT2D eigenvalue weighted by Crippen LogP contribution is -1.97. The molecule has 0 aliphatic rings. The molecule has 0 fully saturated rings. The Morgan fingerprint density at radius 3 is 2.47 bits per heavy atom. The molecule has 3 nitrogen and oxygen atoms in total. The standard InChI is InChI=1S/C10H9F2N3/c1-6-5-15(2)10(13-6)7-3-4-8(11)14-9(7)12/h3-5H,1-2H3. The van der Waals surface area contributed by atoms with Crippen molar-refractivity contribution in [3.63, 3.8) is 0 Å². The first kappa shape index (κ1) is 9.76. The molecule has 0 saturated heterocycles. The average molecular weight is 209 g/mol. The van der Waals surface area contributed by atoms with Crippen LogP contribution >= 0.6 is 0 Å². The molecule has 0 radical (unpaired) electrons. The maximum Gasteiger partial charge on any atom is 0.226 e. The Hall–Kier alpha value is -1.78. The van der Waals surface area contributed by atoms with Gasteiger partial charge in [0.25, 0.3) is 0 Å². The quantitative estimate of drug-likeness (QED) is 0.673. The van der Waals surface area contributed by atoms with Gasteiger partial charge in [-0.2, -0.15) is 13.8 Å². The molecule has 0 bridgehead atoms. The molecule has 0 aliphatic carbocycles. The lowest BCUT2D eigenvalue weighted by molar-refractivity contribution is 0.514. The zero-order valence-electron chi connectivity index (χ0n) is 8.33. The van der Waals surface area contributed by atoms with Crippen LogP contribution in [0.4, 0.5) is 8.78 Å². The fourth-order valence-corrected chi connectivity index (χ4v) is 1.45. The van der Waals surface area contributed by atoms with E-state index in [1.165, 1.54) is 6.07 Å². The summed E-state index contributed by atoms with van der Waals surface area (Å²) in [6, 6.07) is 2.45. The molecule has 78 valence electrons. The maximum atomic E-state index is 13.3. The minimum Gasteiger partial charge on any atom is -0.334 e. The highest BCUT2D eigenvalue weighted by molar-refractivity contribution is 5.55. The molecule has 2 rings (SSSR count). The van der Waals surface area contributed by atoms with Crippen LogP contribution in [0.1, 0.15) is 5.69 Å². The summed E-state index contributed by atoms with van der Waals surface area (Å²) in [5.74, 6) is -1.23. The number of pyridine rings is 1. The van der Waals surface area contributed by atoms with Crippen LogP contribution in [0.2, 0.25) is 0 Å². The predicted molar refractivity (Wildman–Crippen MR) is 51.1 cm³/mol. The molecule has 5 heteroatoms. The van der Waals surface area contributed by atoms with Gasteiger partial charge >= 0.3 is 0 Å². The largest absolute Gasteiger partial charge is 0.334 e. The van der Waals surface area contributed by atoms with Gasteiger partial charge in [0.15, 0.2) is 0 Å². The highest BCUT2D eigenvalue weighted by Crippen LogP contribution is 2.20. The van der Waals surface area contributed by atoms with E-state index in [0.29, 0.717) is 5.82 Å². The van der Waals surface area contributed by atoms with Crippen molar-refractivity contribution >= 4 is 0 Å². The first-order valence-electron chi connectivity index (χ1n) is 4.40. The Balaban J connectivity index is 2.59. The summed E-state index contributed by atoms with van der Waals surface area (Å²) in [5, 5.41) is 0. The van der Waals surface area contributed by atoms with Crippen LogP contribution in [-0.4, -0.2) is 14.5 Å². The summed E-state index contributed by atoms with van der Waals surface area (Å²) in [6.45, 7) is 1.80. The maximum absolute atomic E-state index is 13.3. The summed E-state index contributed by atoms with van der Waals surface area (Å²) in [6.07, 6.45) is 1.76. The van der Waals surface area contributed by atoms with Crippen LogP contribution in [0, 0.1) is 18.8 Å². The fourth-order valence-electron chi connectivity index (χ4n) is 1.45. The van der Waals surface area contributed by atoms with Crippen LogP contribution in [0.25, 0.3) is 11.4 Å². The molecule has 15 heavy (non-hydrogen) atoms. The molecular formula is C10H9F2N3. The normalized spacial score (nSPS) is 10.7. The van der Waals surface area contributed by atoms with Gasteiger partial charge in [0.05, 0.1) is 11.3 Å². The van der Waals surface area contributed by atoms with Crippen molar-refractivity contribution in [1.29, 1.82) is 0 Å². The van der Waals surface area contributed by atoms with E-state index in [9.17, 15) is 8.78 Å². The number of aromatic nitrogens is 3. The smallest absolute Gasteiger partial charge is 0.226 e. The van der Waals surface area contributed by atoms with E-state index in [1.807, 2.05) is 0 Å². The Morgan fingerprint density at radius 2 is 1.93 bits per heavy atom. The Morgan fingerprint density at radius 1 is 1.20 bits per heavy atom. The third kappa shape index (κ3) is 1.72. The lowest BCUT2D eigenvalue weighted by Gasteiger charge is -2.01.